The molecular weight excluding hydrogens is 807 g/mol. The van der Waals surface area contributed by atoms with Crippen molar-refractivity contribution in [3.05, 3.63) is 126 Å². The summed E-state index contributed by atoms with van der Waals surface area (Å²) < 4.78 is 48.7. The molecule has 4 aromatic carbocycles. The van der Waals surface area contributed by atoms with Gasteiger partial charge >= 0.3 is 21.1 Å². The van der Waals surface area contributed by atoms with Crippen LogP contribution >= 0.6 is 0 Å². The number of fused-ring (bicyclic) bond motifs is 3. The zero-order valence-corrected chi connectivity index (χ0v) is 29.9. The van der Waals surface area contributed by atoms with E-state index in [0.29, 0.717) is 33.4 Å². The van der Waals surface area contributed by atoms with Crippen LogP contribution in [0.25, 0.3) is 44.4 Å². The second-order valence-electron chi connectivity index (χ2n) is 12.1. The van der Waals surface area contributed by atoms with Gasteiger partial charge in [0, 0.05) is 47.3 Å². The third kappa shape index (κ3) is 6.20. The molecule has 0 atom stereocenters. The van der Waals surface area contributed by atoms with Crippen LogP contribution in [0.1, 0.15) is 36.5 Å². The van der Waals surface area contributed by atoms with Crippen LogP contribution in [0.4, 0.5) is 4.39 Å². The second kappa shape index (κ2) is 12.8. The van der Waals surface area contributed by atoms with E-state index in [4.69, 9.17) is 4.74 Å². The van der Waals surface area contributed by atoms with E-state index in [9.17, 15) is 12.8 Å². The summed E-state index contributed by atoms with van der Waals surface area (Å²) in [6.07, 6.45) is 6.35. The van der Waals surface area contributed by atoms with Crippen LogP contribution in [-0.4, -0.2) is 34.0 Å². The van der Waals surface area contributed by atoms with E-state index < -0.39 is 9.84 Å². The smallest absolute Gasteiger partial charge is 0.509 e. The van der Waals surface area contributed by atoms with Crippen LogP contribution in [0, 0.1) is 31.8 Å². The predicted molar refractivity (Wildman–Crippen MR) is 182 cm³/mol. The molecule has 3 aromatic heterocycles. The van der Waals surface area contributed by atoms with Crippen LogP contribution in [0.2, 0.25) is 0 Å². The molecule has 0 saturated heterocycles. The summed E-state index contributed by atoms with van der Waals surface area (Å²) in [4.78, 5) is 4.74. The van der Waals surface area contributed by atoms with E-state index >= 15 is 0 Å². The first-order chi connectivity index (χ1) is 22.5. The molecule has 0 bridgehead atoms. The van der Waals surface area contributed by atoms with Gasteiger partial charge in [-0.2, -0.15) is 11.2 Å². The molecule has 244 valence electrons. The van der Waals surface area contributed by atoms with E-state index in [1.54, 1.807) is 23.0 Å². The number of hydrogen-bond donors (Lipinski definition) is 0. The number of halogens is 1. The largest absolute Gasteiger partial charge is 2.00 e. The van der Waals surface area contributed by atoms with Gasteiger partial charge in [-0.3, -0.25) is 4.68 Å². The summed E-state index contributed by atoms with van der Waals surface area (Å²) in [6, 6.07) is 28.6. The van der Waals surface area contributed by atoms with Crippen molar-refractivity contribution < 1.29 is 38.6 Å². The van der Waals surface area contributed by atoms with Crippen LogP contribution in [-0.2, 0) is 30.9 Å². The Labute approximate surface area is 293 Å². The maximum atomic E-state index is 14.3. The maximum Gasteiger partial charge on any atom is 2.00 e. The van der Waals surface area contributed by atoms with Gasteiger partial charge in [0.25, 0.3) is 0 Å². The molecule has 0 N–H and O–H groups in total. The number of sulfone groups is 1. The number of nitrogens with zero attached hydrogens (tertiary/aromatic N) is 4. The number of ether oxygens (including phenoxy) is 1. The average Bonchev–Trinajstić information content (AvgIpc) is 3.63. The van der Waals surface area contributed by atoms with E-state index in [0.717, 1.165) is 44.1 Å². The molecular formula is C38H31FN4O3PtS. The molecule has 7 aromatic rings. The summed E-state index contributed by atoms with van der Waals surface area (Å²) >= 11 is 0. The van der Waals surface area contributed by atoms with Crippen molar-refractivity contribution in [2.75, 3.05) is 6.26 Å². The number of rotatable bonds is 7. The Kier molecular flexibility index (Phi) is 8.88. The third-order valence-electron chi connectivity index (χ3n) is 8.28. The zero-order chi connectivity index (χ0) is 33.0. The van der Waals surface area contributed by atoms with E-state index in [1.807, 2.05) is 73.1 Å². The first-order valence-electron chi connectivity index (χ1n) is 15.2. The number of aromatic nitrogens is 4. The Bertz CT molecular complexity index is 2430. The van der Waals surface area contributed by atoms with Crippen molar-refractivity contribution in [3.63, 3.8) is 0 Å². The van der Waals surface area contributed by atoms with Gasteiger partial charge in [-0.05, 0) is 71.8 Å². The van der Waals surface area contributed by atoms with Gasteiger partial charge < -0.3 is 9.30 Å². The van der Waals surface area contributed by atoms with Crippen molar-refractivity contribution >= 4 is 31.6 Å². The van der Waals surface area contributed by atoms with Crippen molar-refractivity contribution in [2.24, 2.45) is 0 Å². The van der Waals surface area contributed by atoms with Crippen LogP contribution in [0.15, 0.2) is 96.3 Å². The fourth-order valence-corrected chi connectivity index (χ4v) is 6.83. The van der Waals surface area contributed by atoms with Crippen molar-refractivity contribution in [3.8, 4) is 34.1 Å². The minimum Gasteiger partial charge on any atom is -0.509 e. The first kappa shape index (κ1) is 33.3. The molecule has 0 aliphatic carbocycles. The monoisotopic (exact) mass is 837 g/mol. The van der Waals surface area contributed by atoms with E-state index in [1.165, 1.54) is 24.6 Å². The van der Waals surface area contributed by atoms with Gasteiger partial charge in [0.05, 0.1) is 11.1 Å². The fourth-order valence-electron chi connectivity index (χ4n) is 6.04. The Morgan fingerprint density at radius 2 is 1.65 bits per heavy atom. The molecule has 0 aliphatic rings. The molecule has 0 aliphatic heterocycles. The number of benzene rings is 4. The molecule has 3 heterocycles. The number of pyridine rings is 1. The molecule has 7 nitrogen and oxygen atoms in total. The Morgan fingerprint density at radius 3 is 2.35 bits per heavy atom. The fraction of sp³-hybridized carbons (Fsp3) is 0.158. The van der Waals surface area contributed by atoms with Crippen LogP contribution in [0.5, 0.6) is 11.5 Å². The summed E-state index contributed by atoms with van der Waals surface area (Å²) in [5, 5.41) is 6.59. The molecule has 0 spiro atoms. The predicted octanol–water partition coefficient (Wildman–Crippen LogP) is 8.70. The number of para-hydroxylation sites is 1. The quantitative estimate of drug-likeness (QED) is 0.150. The molecule has 0 radical (unpaired) electrons. The Hall–Kier alpha value is -4.59. The first-order valence-corrected chi connectivity index (χ1v) is 17.0. The summed E-state index contributed by atoms with van der Waals surface area (Å²) in [6.45, 7) is 8.03. The maximum absolute atomic E-state index is 14.3. The molecule has 0 saturated carbocycles. The van der Waals surface area contributed by atoms with Gasteiger partial charge in [0.1, 0.15) is 11.6 Å². The number of hydrogen-bond acceptors (Lipinski definition) is 5. The van der Waals surface area contributed by atoms with Gasteiger partial charge in [0.2, 0.25) is 0 Å². The zero-order valence-electron chi connectivity index (χ0n) is 26.9. The topological polar surface area (TPSA) is 79.0 Å². The van der Waals surface area contributed by atoms with Crippen molar-refractivity contribution in [1.29, 1.82) is 0 Å². The summed E-state index contributed by atoms with van der Waals surface area (Å²) in [5.74, 6) is 1.24. The van der Waals surface area contributed by atoms with E-state index in [2.05, 4.69) is 36.1 Å². The second-order valence-corrected chi connectivity index (χ2v) is 14.1. The number of aryl methyl sites for hydroxylation is 2. The van der Waals surface area contributed by atoms with Crippen LogP contribution < -0.4 is 4.74 Å². The third-order valence-corrected chi connectivity index (χ3v) is 9.38. The van der Waals surface area contributed by atoms with Gasteiger partial charge in [0.15, 0.2) is 9.84 Å². The van der Waals surface area contributed by atoms with Gasteiger partial charge in [-0.15, -0.1) is 41.3 Å². The van der Waals surface area contributed by atoms with Gasteiger partial charge in [-0.1, -0.05) is 37.6 Å². The molecule has 0 amide bonds. The summed E-state index contributed by atoms with van der Waals surface area (Å²) in [7, 11) is -3.33. The SMILES string of the molecule is Cc1cc(S(C)(=O)=O)cc(C)c1-c1cnn(-c2[c-]c(Oc3[c-]c4c(cc3)c3ccccc3n4-c3cc(F)ccn3)cc(C(C)C)c2)c1.[Pt+2]. The minimum absolute atomic E-state index is 0. The molecule has 0 fully saturated rings. The normalized spacial score (nSPS) is 11.7. The van der Waals surface area contributed by atoms with Crippen molar-refractivity contribution in [1.82, 2.24) is 19.3 Å². The van der Waals surface area contributed by atoms with Gasteiger partial charge in [-0.25, -0.2) is 17.8 Å². The summed E-state index contributed by atoms with van der Waals surface area (Å²) in [5.41, 5.74) is 6.84. The van der Waals surface area contributed by atoms with Crippen molar-refractivity contribution in [2.45, 2.75) is 38.5 Å². The molecule has 0 unspecified atom stereocenters. The minimum atomic E-state index is -3.33. The average molecular weight is 838 g/mol. The molecule has 10 heteroatoms. The Morgan fingerprint density at radius 1 is 0.896 bits per heavy atom. The molecule has 48 heavy (non-hydrogen) atoms. The standard InChI is InChI=1S/C38H31FN4O3S.Pt/c1-23(2)26-16-29(42-22-27(21-41-42)38-24(3)14-32(15-25(38)4)47(5,44)45)19-31(17-26)46-30-10-11-34-33-8-6-7-9-35(33)43(36(34)20-30)37-18-28(39)12-13-40-37;/h6-18,21-23H,1-5H3;/q-2;+2. The molecule has 7 rings (SSSR count). The van der Waals surface area contributed by atoms with E-state index in [-0.39, 0.29) is 32.8 Å². The Balaban J connectivity index is 0.00000401. The van der Waals surface area contributed by atoms with Crippen LogP contribution in [0.3, 0.4) is 0 Å².